The summed E-state index contributed by atoms with van der Waals surface area (Å²) >= 11 is 3.50. The van der Waals surface area contributed by atoms with Crippen LogP contribution in [-0.4, -0.2) is 17.7 Å². The highest BCUT2D eigenvalue weighted by molar-refractivity contribution is 7.08. The van der Waals surface area contributed by atoms with Gasteiger partial charge in [-0.05, 0) is 70.2 Å². The zero-order valence-corrected chi connectivity index (χ0v) is 15.4. The molecule has 0 aliphatic rings. The van der Waals surface area contributed by atoms with Crippen molar-refractivity contribution >= 4 is 22.7 Å². The van der Waals surface area contributed by atoms with Crippen molar-refractivity contribution in [1.29, 1.82) is 0 Å². The summed E-state index contributed by atoms with van der Waals surface area (Å²) < 4.78 is 0. The first-order valence-corrected chi connectivity index (χ1v) is 10.1. The van der Waals surface area contributed by atoms with E-state index in [4.69, 9.17) is 0 Å². The molecule has 126 valence electrons. The lowest BCUT2D eigenvalue weighted by atomic mass is 9.92. The lowest BCUT2D eigenvalue weighted by Crippen LogP contribution is -2.33. The van der Waals surface area contributed by atoms with Gasteiger partial charge in [-0.2, -0.15) is 22.7 Å². The van der Waals surface area contributed by atoms with Gasteiger partial charge in [0, 0.05) is 12.0 Å². The molecule has 0 radical (unpaired) electrons. The molecule has 3 rings (SSSR count). The monoisotopic (exact) mass is 357 g/mol. The fourth-order valence-electron chi connectivity index (χ4n) is 2.98. The highest BCUT2D eigenvalue weighted by Crippen LogP contribution is 2.30. The molecule has 0 fully saturated rings. The number of thiophene rings is 2. The van der Waals surface area contributed by atoms with Crippen molar-refractivity contribution in [2.75, 3.05) is 6.54 Å². The lowest BCUT2D eigenvalue weighted by molar-refractivity contribution is 0.136. The minimum absolute atomic E-state index is 0.0259. The number of nitrogens with one attached hydrogen (secondary N) is 1. The molecular formula is C20H23NOS2. The molecule has 0 spiro atoms. The summed E-state index contributed by atoms with van der Waals surface area (Å²) in [5, 5.41) is 22.7. The SMILES string of the molecule is CC(NCCC(c1ccsc1)c1ccsc1)C(O)c1ccccc1. The van der Waals surface area contributed by atoms with E-state index in [0.717, 1.165) is 18.5 Å². The summed E-state index contributed by atoms with van der Waals surface area (Å²) in [6.07, 6.45) is 0.547. The molecule has 0 aliphatic heterocycles. The van der Waals surface area contributed by atoms with E-state index in [1.807, 2.05) is 37.3 Å². The summed E-state index contributed by atoms with van der Waals surface area (Å²) in [5.74, 6) is 0.427. The van der Waals surface area contributed by atoms with E-state index >= 15 is 0 Å². The Bertz CT molecular complexity index is 660. The Morgan fingerprint density at radius 1 is 0.917 bits per heavy atom. The molecule has 0 aliphatic carbocycles. The zero-order chi connectivity index (χ0) is 16.8. The fourth-order valence-corrected chi connectivity index (χ4v) is 4.41. The first-order valence-electron chi connectivity index (χ1n) is 8.26. The van der Waals surface area contributed by atoms with Gasteiger partial charge in [-0.25, -0.2) is 0 Å². The van der Waals surface area contributed by atoms with E-state index in [0.29, 0.717) is 5.92 Å². The average molecular weight is 358 g/mol. The van der Waals surface area contributed by atoms with E-state index in [9.17, 15) is 5.11 Å². The van der Waals surface area contributed by atoms with Crippen LogP contribution in [0.5, 0.6) is 0 Å². The normalized spacial score (nSPS) is 14.0. The van der Waals surface area contributed by atoms with Crippen LogP contribution in [0.3, 0.4) is 0 Å². The summed E-state index contributed by atoms with van der Waals surface area (Å²) in [4.78, 5) is 0. The van der Waals surface area contributed by atoms with Crippen LogP contribution in [0.1, 0.15) is 42.1 Å². The number of rotatable bonds is 8. The van der Waals surface area contributed by atoms with Gasteiger partial charge in [0.1, 0.15) is 0 Å². The molecule has 3 aromatic rings. The largest absolute Gasteiger partial charge is 0.387 e. The highest BCUT2D eigenvalue weighted by Gasteiger charge is 2.18. The van der Waals surface area contributed by atoms with Crippen molar-refractivity contribution in [2.24, 2.45) is 0 Å². The third kappa shape index (κ3) is 4.33. The Kier molecular flexibility index (Phi) is 6.21. The molecule has 0 saturated heterocycles. The maximum atomic E-state index is 10.5. The molecule has 24 heavy (non-hydrogen) atoms. The van der Waals surface area contributed by atoms with Crippen molar-refractivity contribution in [1.82, 2.24) is 5.32 Å². The number of aliphatic hydroxyl groups is 1. The van der Waals surface area contributed by atoms with Gasteiger partial charge in [-0.1, -0.05) is 30.3 Å². The molecule has 2 aromatic heterocycles. The molecule has 0 bridgehead atoms. The van der Waals surface area contributed by atoms with Crippen molar-refractivity contribution in [3.05, 3.63) is 80.7 Å². The van der Waals surface area contributed by atoms with Crippen LogP contribution < -0.4 is 5.32 Å². The van der Waals surface area contributed by atoms with E-state index in [1.165, 1.54) is 11.1 Å². The van der Waals surface area contributed by atoms with Crippen LogP contribution in [0.25, 0.3) is 0 Å². The van der Waals surface area contributed by atoms with Crippen LogP contribution in [0.15, 0.2) is 64.0 Å². The predicted molar refractivity (Wildman–Crippen MR) is 104 cm³/mol. The van der Waals surface area contributed by atoms with E-state index < -0.39 is 6.10 Å². The standard InChI is InChI=1S/C20H23NOS2/c1-15(20(22)16-5-3-2-4-6-16)21-10-7-19(17-8-11-23-13-17)18-9-12-24-14-18/h2-6,8-9,11-15,19-22H,7,10H2,1H3. The van der Waals surface area contributed by atoms with Gasteiger partial charge in [0.15, 0.2) is 0 Å². The smallest absolute Gasteiger partial charge is 0.0940 e. The van der Waals surface area contributed by atoms with Crippen molar-refractivity contribution < 1.29 is 5.11 Å². The van der Waals surface area contributed by atoms with Gasteiger partial charge in [-0.15, -0.1) is 0 Å². The minimum Gasteiger partial charge on any atom is -0.387 e. The van der Waals surface area contributed by atoms with Crippen LogP contribution >= 0.6 is 22.7 Å². The second kappa shape index (κ2) is 8.58. The van der Waals surface area contributed by atoms with Gasteiger partial charge in [-0.3, -0.25) is 0 Å². The third-order valence-electron chi connectivity index (χ3n) is 4.41. The van der Waals surface area contributed by atoms with Gasteiger partial charge < -0.3 is 10.4 Å². The number of aliphatic hydroxyl groups excluding tert-OH is 1. The summed E-state index contributed by atoms with van der Waals surface area (Å²) in [5.41, 5.74) is 3.73. The maximum Gasteiger partial charge on any atom is 0.0940 e. The topological polar surface area (TPSA) is 32.3 Å². The summed E-state index contributed by atoms with van der Waals surface area (Å²) in [7, 11) is 0. The van der Waals surface area contributed by atoms with E-state index in [2.05, 4.69) is 39.0 Å². The Morgan fingerprint density at radius 3 is 2.08 bits per heavy atom. The summed E-state index contributed by atoms with van der Waals surface area (Å²) in [6, 6.07) is 14.3. The molecule has 2 N–H and O–H groups in total. The predicted octanol–water partition coefficient (Wildman–Crippen LogP) is 5.04. The van der Waals surface area contributed by atoms with Crippen LogP contribution in [0.4, 0.5) is 0 Å². The van der Waals surface area contributed by atoms with E-state index in [1.54, 1.807) is 22.7 Å². The zero-order valence-electron chi connectivity index (χ0n) is 13.8. The van der Waals surface area contributed by atoms with Gasteiger partial charge in [0.05, 0.1) is 6.10 Å². The quantitative estimate of drug-likeness (QED) is 0.592. The van der Waals surface area contributed by atoms with Crippen molar-refractivity contribution in [3.8, 4) is 0 Å². The van der Waals surface area contributed by atoms with Crippen molar-refractivity contribution in [3.63, 3.8) is 0 Å². The first kappa shape index (κ1) is 17.4. The lowest BCUT2D eigenvalue weighted by Gasteiger charge is -2.22. The van der Waals surface area contributed by atoms with Gasteiger partial charge in [0.2, 0.25) is 0 Å². The molecule has 4 heteroatoms. The van der Waals surface area contributed by atoms with E-state index in [-0.39, 0.29) is 6.04 Å². The van der Waals surface area contributed by atoms with Gasteiger partial charge >= 0.3 is 0 Å². The Hall–Kier alpha value is -1.46. The Balaban J connectivity index is 1.58. The molecule has 2 atom stereocenters. The molecule has 2 heterocycles. The van der Waals surface area contributed by atoms with Crippen molar-refractivity contribution in [2.45, 2.75) is 31.4 Å². The molecule has 2 nitrogen and oxygen atoms in total. The second-order valence-corrected chi connectivity index (χ2v) is 7.61. The summed E-state index contributed by atoms with van der Waals surface area (Å²) in [6.45, 7) is 2.92. The van der Waals surface area contributed by atoms with Crippen LogP contribution in [0, 0.1) is 0 Å². The number of hydrogen-bond acceptors (Lipinski definition) is 4. The van der Waals surface area contributed by atoms with Gasteiger partial charge in [0.25, 0.3) is 0 Å². The highest BCUT2D eigenvalue weighted by atomic mass is 32.1. The van der Waals surface area contributed by atoms with Crippen LogP contribution in [-0.2, 0) is 0 Å². The van der Waals surface area contributed by atoms with Crippen LogP contribution in [0.2, 0.25) is 0 Å². The molecule has 1 aromatic carbocycles. The number of benzene rings is 1. The molecule has 0 saturated carbocycles. The Morgan fingerprint density at radius 2 is 1.54 bits per heavy atom. The number of hydrogen-bond donors (Lipinski definition) is 2. The molecular weight excluding hydrogens is 334 g/mol. The second-order valence-electron chi connectivity index (χ2n) is 6.05. The average Bonchev–Trinajstić information content (AvgIpc) is 3.32. The minimum atomic E-state index is -0.480. The first-order chi connectivity index (χ1) is 11.8. The Labute approximate surface area is 151 Å². The molecule has 0 amide bonds. The fraction of sp³-hybridized carbons (Fsp3) is 0.300. The molecule has 2 unspecified atom stereocenters. The third-order valence-corrected chi connectivity index (χ3v) is 5.81. The maximum absolute atomic E-state index is 10.5.